The van der Waals surface area contributed by atoms with Crippen molar-refractivity contribution >= 4 is 5.91 Å². The van der Waals surface area contributed by atoms with Crippen LogP contribution in [-0.2, 0) is 6.54 Å². The van der Waals surface area contributed by atoms with E-state index in [1.54, 1.807) is 18.3 Å². The summed E-state index contributed by atoms with van der Waals surface area (Å²) in [7, 11) is 4.04. The number of aromatic nitrogens is 2. The van der Waals surface area contributed by atoms with Gasteiger partial charge in [0.25, 0.3) is 0 Å². The van der Waals surface area contributed by atoms with Gasteiger partial charge in [0.05, 0.1) is 12.7 Å². The maximum atomic E-state index is 11.4. The fourth-order valence-corrected chi connectivity index (χ4v) is 1.88. The van der Waals surface area contributed by atoms with Crippen LogP contribution >= 0.6 is 0 Å². The Hall–Kier alpha value is -2.14. The number of carbonyl (C=O) groups excluding carboxylic acids is 1. The van der Waals surface area contributed by atoms with E-state index in [-0.39, 0.29) is 0 Å². The summed E-state index contributed by atoms with van der Waals surface area (Å²) in [5.41, 5.74) is 7.64. The van der Waals surface area contributed by atoms with Gasteiger partial charge in [0.15, 0.2) is 0 Å². The summed E-state index contributed by atoms with van der Waals surface area (Å²) < 4.78 is 1.87. The van der Waals surface area contributed by atoms with E-state index >= 15 is 0 Å². The van der Waals surface area contributed by atoms with E-state index in [9.17, 15) is 4.79 Å². The second kappa shape index (κ2) is 5.67. The molecule has 2 rings (SSSR count). The SMILES string of the molecule is CN(C)CCn1cc(-c2ccccc2C(N)=O)cn1. The number of likely N-dealkylation sites (N-methyl/N-ethyl adjacent to an activating group) is 1. The number of amides is 1. The molecule has 0 spiro atoms. The van der Waals surface area contributed by atoms with Gasteiger partial charge in [-0.1, -0.05) is 18.2 Å². The van der Waals surface area contributed by atoms with E-state index in [1.807, 2.05) is 37.1 Å². The lowest BCUT2D eigenvalue weighted by molar-refractivity contribution is 0.100. The maximum absolute atomic E-state index is 11.4. The van der Waals surface area contributed by atoms with Crippen LogP contribution in [0.2, 0.25) is 0 Å². The molecule has 1 heterocycles. The topological polar surface area (TPSA) is 64.2 Å². The van der Waals surface area contributed by atoms with Gasteiger partial charge in [-0.3, -0.25) is 9.48 Å². The molecule has 5 heteroatoms. The fourth-order valence-electron chi connectivity index (χ4n) is 1.88. The average Bonchev–Trinajstić information content (AvgIpc) is 2.85. The molecule has 1 aromatic carbocycles. The molecule has 100 valence electrons. The lowest BCUT2D eigenvalue weighted by Gasteiger charge is -2.08. The van der Waals surface area contributed by atoms with E-state index in [0.29, 0.717) is 5.56 Å². The van der Waals surface area contributed by atoms with Gasteiger partial charge in [0, 0.05) is 23.9 Å². The summed E-state index contributed by atoms with van der Waals surface area (Å²) in [6.45, 7) is 1.73. The van der Waals surface area contributed by atoms with E-state index in [2.05, 4.69) is 10.00 Å². The summed E-state index contributed by atoms with van der Waals surface area (Å²) in [5, 5.41) is 4.30. The van der Waals surface area contributed by atoms with E-state index < -0.39 is 5.91 Å². The highest BCUT2D eigenvalue weighted by atomic mass is 16.1. The van der Waals surface area contributed by atoms with Crippen molar-refractivity contribution in [2.75, 3.05) is 20.6 Å². The fraction of sp³-hybridized carbons (Fsp3) is 0.286. The Morgan fingerprint density at radius 2 is 2.11 bits per heavy atom. The number of rotatable bonds is 5. The summed E-state index contributed by atoms with van der Waals surface area (Å²) in [6.07, 6.45) is 3.70. The lowest BCUT2D eigenvalue weighted by atomic mass is 10.0. The maximum Gasteiger partial charge on any atom is 0.249 e. The van der Waals surface area contributed by atoms with Gasteiger partial charge in [-0.15, -0.1) is 0 Å². The van der Waals surface area contributed by atoms with E-state index in [4.69, 9.17) is 5.73 Å². The quantitative estimate of drug-likeness (QED) is 0.876. The van der Waals surface area contributed by atoms with Crippen LogP contribution in [0.25, 0.3) is 11.1 Å². The smallest absolute Gasteiger partial charge is 0.249 e. The van der Waals surface area contributed by atoms with Crippen LogP contribution in [-0.4, -0.2) is 41.2 Å². The zero-order valence-electron chi connectivity index (χ0n) is 11.2. The van der Waals surface area contributed by atoms with Crippen molar-refractivity contribution < 1.29 is 4.79 Å². The molecule has 2 N–H and O–H groups in total. The molecule has 0 bridgehead atoms. The van der Waals surface area contributed by atoms with Crippen molar-refractivity contribution in [2.45, 2.75) is 6.54 Å². The number of carbonyl (C=O) groups is 1. The molecule has 0 radical (unpaired) electrons. The van der Waals surface area contributed by atoms with Gasteiger partial charge in [-0.25, -0.2) is 0 Å². The van der Waals surface area contributed by atoms with Crippen LogP contribution in [0.15, 0.2) is 36.7 Å². The summed E-state index contributed by atoms with van der Waals surface area (Å²) in [4.78, 5) is 13.5. The largest absolute Gasteiger partial charge is 0.366 e. The van der Waals surface area contributed by atoms with Crippen molar-refractivity contribution in [1.29, 1.82) is 0 Å². The van der Waals surface area contributed by atoms with Crippen LogP contribution < -0.4 is 5.73 Å². The number of nitrogens with zero attached hydrogens (tertiary/aromatic N) is 3. The van der Waals surface area contributed by atoms with Gasteiger partial charge < -0.3 is 10.6 Å². The summed E-state index contributed by atoms with van der Waals surface area (Å²) >= 11 is 0. The van der Waals surface area contributed by atoms with Gasteiger partial charge in [0.1, 0.15) is 0 Å². The van der Waals surface area contributed by atoms with Crippen LogP contribution in [0.1, 0.15) is 10.4 Å². The highest BCUT2D eigenvalue weighted by Crippen LogP contribution is 2.22. The molecule has 0 unspecified atom stereocenters. The third-order valence-corrected chi connectivity index (χ3v) is 2.91. The summed E-state index contributed by atoms with van der Waals surface area (Å²) in [5.74, 6) is -0.420. The third kappa shape index (κ3) is 3.20. The molecule has 0 saturated heterocycles. The first kappa shape index (κ1) is 13.3. The Morgan fingerprint density at radius 3 is 2.79 bits per heavy atom. The molecule has 0 fully saturated rings. The minimum atomic E-state index is -0.420. The molecule has 1 aromatic heterocycles. The number of primary amides is 1. The van der Waals surface area contributed by atoms with Gasteiger partial charge in [0.2, 0.25) is 5.91 Å². The van der Waals surface area contributed by atoms with Crippen molar-refractivity contribution in [3.05, 3.63) is 42.2 Å². The molecule has 19 heavy (non-hydrogen) atoms. The third-order valence-electron chi connectivity index (χ3n) is 2.91. The van der Waals surface area contributed by atoms with Crippen molar-refractivity contribution in [3.8, 4) is 11.1 Å². The molecule has 0 aliphatic carbocycles. The van der Waals surface area contributed by atoms with Crippen molar-refractivity contribution in [3.63, 3.8) is 0 Å². The van der Waals surface area contributed by atoms with Gasteiger partial charge >= 0.3 is 0 Å². The van der Waals surface area contributed by atoms with E-state index in [0.717, 1.165) is 24.2 Å². The molecule has 0 atom stereocenters. The second-order valence-corrected chi connectivity index (χ2v) is 4.71. The standard InChI is InChI=1S/C14H18N4O/c1-17(2)7-8-18-10-11(9-16-18)12-5-3-4-6-13(12)14(15)19/h3-6,9-10H,7-8H2,1-2H3,(H2,15,19). The molecular weight excluding hydrogens is 240 g/mol. The normalized spacial score (nSPS) is 10.9. The zero-order valence-corrected chi connectivity index (χ0v) is 11.2. The van der Waals surface area contributed by atoms with Crippen LogP contribution in [0.5, 0.6) is 0 Å². The summed E-state index contributed by atoms with van der Waals surface area (Å²) in [6, 6.07) is 7.31. The molecule has 5 nitrogen and oxygen atoms in total. The number of hydrogen-bond donors (Lipinski definition) is 1. The average molecular weight is 258 g/mol. The van der Waals surface area contributed by atoms with Gasteiger partial charge in [-0.2, -0.15) is 5.10 Å². The van der Waals surface area contributed by atoms with Crippen molar-refractivity contribution in [1.82, 2.24) is 14.7 Å². The van der Waals surface area contributed by atoms with Crippen LogP contribution in [0.4, 0.5) is 0 Å². The minimum Gasteiger partial charge on any atom is -0.366 e. The lowest BCUT2D eigenvalue weighted by Crippen LogP contribution is -2.18. The first-order valence-corrected chi connectivity index (χ1v) is 6.14. The second-order valence-electron chi connectivity index (χ2n) is 4.71. The zero-order chi connectivity index (χ0) is 13.8. The Bertz CT molecular complexity index is 574. The molecule has 1 amide bonds. The Labute approximate surface area is 112 Å². The first-order chi connectivity index (χ1) is 9.08. The Balaban J connectivity index is 2.25. The predicted octanol–water partition coefficient (Wildman–Crippen LogP) is 1.21. The highest BCUT2D eigenvalue weighted by Gasteiger charge is 2.10. The highest BCUT2D eigenvalue weighted by molar-refractivity contribution is 5.99. The molecule has 0 saturated carbocycles. The van der Waals surface area contributed by atoms with Crippen LogP contribution in [0, 0.1) is 0 Å². The minimum absolute atomic E-state index is 0.420. The monoisotopic (exact) mass is 258 g/mol. The molecule has 2 aromatic rings. The number of benzene rings is 1. The van der Waals surface area contributed by atoms with Gasteiger partial charge in [-0.05, 0) is 25.7 Å². The van der Waals surface area contributed by atoms with Crippen LogP contribution in [0.3, 0.4) is 0 Å². The number of nitrogens with two attached hydrogens (primary N) is 1. The molecule has 0 aliphatic heterocycles. The van der Waals surface area contributed by atoms with Crippen molar-refractivity contribution in [2.24, 2.45) is 5.73 Å². The number of hydrogen-bond acceptors (Lipinski definition) is 3. The first-order valence-electron chi connectivity index (χ1n) is 6.14. The molecular formula is C14H18N4O. The molecule has 0 aliphatic rings. The predicted molar refractivity (Wildman–Crippen MR) is 74.7 cm³/mol. The Kier molecular flexibility index (Phi) is 3.97. The van der Waals surface area contributed by atoms with E-state index in [1.165, 1.54) is 0 Å². The Morgan fingerprint density at radius 1 is 1.37 bits per heavy atom.